The number of hydrogen-bond donors (Lipinski definition) is 0. The summed E-state index contributed by atoms with van der Waals surface area (Å²) in [5, 5.41) is 19.2. The van der Waals surface area contributed by atoms with Crippen molar-refractivity contribution in [2.24, 2.45) is 5.92 Å². The number of ether oxygens (including phenoxy) is 2. The van der Waals surface area contributed by atoms with Gasteiger partial charge in [-0.1, -0.05) is 58.1 Å². The second-order valence-electron chi connectivity index (χ2n) is 9.84. The normalized spacial score (nSPS) is 16.9. The fraction of sp³-hybridized carbons (Fsp3) is 0.484. The Bertz CT molecular complexity index is 1150. The highest BCUT2D eigenvalue weighted by Crippen LogP contribution is 2.38. The largest absolute Gasteiger partial charge is 0.425 e. The second-order valence-corrected chi connectivity index (χ2v) is 9.84. The Hall–Kier alpha value is -3.64. The molecule has 0 radical (unpaired) electrons. The van der Waals surface area contributed by atoms with Crippen molar-refractivity contribution in [2.45, 2.75) is 90.4 Å². The molecular formula is C31H36N2O4. The summed E-state index contributed by atoms with van der Waals surface area (Å²) in [5.74, 6) is 0.225. The molecule has 0 heterocycles. The van der Waals surface area contributed by atoms with Gasteiger partial charge < -0.3 is 9.47 Å². The highest BCUT2D eigenvalue weighted by molar-refractivity contribution is 5.91. The van der Waals surface area contributed by atoms with Crippen LogP contribution in [0.15, 0.2) is 36.4 Å². The van der Waals surface area contributed by atoms with E-state index in [1.54, 1.807) is 12.1 Å². The number of benzene rings is 2. The van der Waals surface area contributed by atoms with E-state index < -0.39 is 11.9 Å². The molecule has 0 bridgehead atoms. The van der Waals surface area contributed by atoms with Crippen molar-refractivity contribution in [3.05, 3.63) is 58.7 Å². The molecule has 1 fully saturated rings. The number of esters is 2. The zero-order valence-electron chi connectivity index (χ0n) is 21.9. The molecule has 2 aromatic rings. The lowest BCUT2D eigenvalue weighted by Gasteiger charge is -2.29. The number of carbonyl (C=O) groups is 2. The molecule has 194 valence electrons. The van der Waals surface area contributed by atoms with Gasteiger partial charge in [-0.05, 0) is 73.8 Å². The van der Waals surface area contributed by atoms with E-state index in [9.17, 15) is 20.1 Å². The van der Waals surface area contributed by atoms with E-state index in [4.69, 9.17) is 9.47 Å². The van der Waals surface area contributed by atoms with Gasteiger partial charge in [-0.15, -0.1) is 0 Å². The van der Waals surface area contributed by atoms with Gasteiger partial charge in [0.15, 0.2) is 5.75 Å². The smallest absolute Gasteiger partial charge is 0.343 e. The van der Waals surface area contributed by atoms with Crippen molar-refractivity contribution >= 4 is 11.9 Å². The Morgan fingerprint density at radius 1 is 0.811 bits per heavy atom. The van der Waals surface area contributed by atoms with Crippen LogP contribution in [0, 0.1) is 28.6 Å². The minimum Gasteiger partial charge on any atom is -0.425 e. The van der Waals surface area contributed by atoms with E-state index in [-0.39, 0.29) is 29.0 Å². The predicted octanol–water partition coefficient (Wildman–Crippen LogP) is 7.60. The lowest BCUT2D eigenvalue weighted by Crippen LogP contribution is -2.14. The minimum atomic E-state index is -0.612. The molecule has 1 aliphatic rings. The van der Waals surface area contributed by atoms with Gasteiger partial charge in [-0.2, -0.15) is 10.5 Å². The highest BCUT2D eigenvalue weighted by Gasteiger charge is 2.23. The van der Waals surface area contributed by atoms with Gasteiger partial charge in [-0.3, -0.25) is 4.79 Å². The number of nitriles is 2. The van der Waals surface area contributed by atoms with E-state index in [0.29, 0.717) is 17.9 Å². The molecular weight excluding hydrogens is 464 g/mol. The van der Waals surface area contributed by atoms with Gasteiger partial charge in [0.25, 0.3) is 0 Å². The van der Waals surface area contributed by atoms with Crippen LogP contribution in [0.5, 0.6) is 11.5 Å². The Kier molecular flexibility index (Phi) is 10.7. The summed E-state index contributed by atoms with van der Waals surface area (Å²) in [4.78, 5) is 24.8. The highest BCUT2D eigenvalue weighted by atomic mass is 16.5. The van der Waals surface area contributed by atoms with Gasteiger partial charge in [0, 0.05) is 6.42 Å². The molecule has 6 heteroatoms. The van der Waals surface area contributed by atoms with Gasteiger partial charge >= 0.3 is 11.9 Å². The van der Waals surface area contributed by atoms with E-state index in [1.807, 2.05) is 31.2 Å². The summed E-state index contributed by atoms with van der Waals surface area (Å²) in [7, 11) is 0. The molecule has 37 heavy (non-hydrogen) atoms. The number of carbonyl (C=O) groups excluding carboxylic acids is 2. The topological polar surface area (TPSA) is 100 Å². The Labute approximate surface area is 220 Å². The molecule has 3 rings (SSSR count). The monoisotopic (exact) mass is 500 g/mol. The van der Waals surface area contributed by atoms with Crippen LogP contribution in [0.4, 0.5) is 0 Å². The molecule has 0 saturated heterocycles. The van der Waals surface area contributed by atoms with Crippen LogP contribution in [0.1, 0.15) is 117 Å². The maximum absolute atomic E-state index is 12.8. The van der Waals surface area contributed by atoms with E-state index in [2.05, 4.69) is 6.92 Å². The second kappa shape index (κ2) is 14.2. The third kappa shape index (κ3) is 7.67. The molecule has 0 amide bonds. The standard InChI is InChI=1S/C31H36N2O4/c1-3-5-7-8-22-10-12-23(13-11-22)24-14-16-25(17-15-24)31(35)37-29-19-18-28(26(20-32)27(29)21-33)36-30(34)9-6-4-2/h14-19,22-23H,3-13H2,1-2H3/t22-,23-. The fourth-order valence-electron chi connectivity index (χ4n) is 4.97. The van der Waals surface area contributed by atoms with Gasteiger partial charge in [0.1, 0.15) is 29.0 Å². The van der Waals surface area contributed by atoms with Crippen LogP contribution in [-0.2, 0) is 4.79 Å². The molecule has 0 aliphatic heterocycles. The maximum atomic E-state index is 12.8. The molecule has 6 nitrogen and oxygen atoms in total. The zero-order valence-corrected chi connectivity index (χ0v) is 21.9. The average molecular weight is 501 g/mol. The van der Waals surface area contributed by atoms with Crippen LogP contribution in [0.3, 0.4) is 0 Å². The molecule has 1 saturated carbocycles. The fourth-order valence-corrected chi connectivity index (χ4v) is 4.97. The average Bonchev–Trinajstić information content (AvgIpc) is 2.93. The van der Waals surface area contributed by atoms with Crippen LogP contribution in [0.25, 0.3) is 0 Å². The van der Waals surface area contributed by atoms with Crippen LogP contribution < -0.4 is 9.47 Å². The first-order chi connectivity index (χ1) is 18.0. The molecule has 0 N–H and O–H groups in total. The first kappa shape index (κ1) is 27.9. The van der Waals surface area contributed by atoms with Crippen LogP contribution in [0.2, 0.25) is 0 Å². The van der Waals surface area contributed by atoms with E-state index in [1.165, 1.54) is 69.1 Å². The predicted molar refractivity (Wildman–Crippen MR) is 141 cm³/mol. The summed E-state index contributed by atoms with van der Waals surface area (Å²) in [6.45, 7) is 4.20. The molecule has 2 aromatic carbocycles. The molecule has 0 aromatic heterocycles. The maximum Gasteiger partial charge on any atom is 0.343 e. The quantitative estimate of drug-likeness (QED) is 0.179. The van der Waals surface area contributed by atoms with Gasteiger partial charge in [0.05, 0.1) is 5.56 Å². The van der Waals surface area contributed by atoms with Crippen LogP contribution in [-0.4, -0.2) is 11.9 Å². The summed E-state index contributed by atoms with van der Waals surface area (Å²) < 4.78 is 10.8. The van der Waals surface area contributed by atoms with E-state index >= 15 is 0 Å². The lowest BCUT2D eigenvalue weighted by atomic mass is 9.77. The third-order valence-corrected chi connectivity index (χ3v) is 7.19. The van der Waals surface area contributed by atoms with Crippen molar-refractivity contribution in [2.75, 3.05) is 0 Å². The van der Waals surface area contributed by atoms with Gasteiger partial charge in [0.2, 0.25) is 0 Å². The Morgan fingerprint density at radius 3 is 1.97 bits per heavy atom. The van der Waals surface area contributed by atoms with Crippen molar-refractivity contribution in [3.8, 4) is 23.6 Å². The minimum absolute atomic E-state index is 0.00982. The Balaban J connectivity index is 1.64. The lowest BCUT2D eigenvalue weighted by molar-refractivity contribution is -0.134. The summed E-state index contributed by atoms with van der Waals surface area (Å²) in [6, 6.07) is 14.1. The number of nitrogens with zero attached hydrogens (tertiary/aromatic N) is 2. The first-order valence-corrected chi connectivity index (χ1v) is 13.5. The number of rotatable bonds is 11. The third-order valence-electron chi connectivity index (χ3n) is 7.19. The van der Waals surface area contributed by atoms with Crippen molar-refractivity contribution in [1.82, 2.24) is 0 Å². The first-order valence-electron chi connectivity index (χ1n) is 13.5. The molecule has 1 aliphatic carbocycles. The zero-order chi connectivity index (χ0) is 26.6. The van der Waals surface area contributed by atoms with Crippen molar-refractivity contribution in [1.29, 1.82) is 10.5 Å². The van der Waals surface area contributed by atoms with Crippen LogP contribution >= 0.6 is 0 Å². The summed E-state index contributed by atoms with van der Waals surface area (Å²) >= 11 is 0. The van der Waals surface area contributed by atoms with Crippen molar-refractivity contribution in [3.63, 3.8) is 0 Å². The Morgan fingerprint density at radius 2 is 1.41 bits per heavy atom. The van der Waals surface area contributed by atoms with E-state index in [0.717, 1.165) is 12.3 Å². The number of unbranched alkanes of at least 4 members (excludes halogenated alkanes) is 3. The summed E-state index contributed by atoms with van der Waals surface area (Å²) in [6.07, 6.45) is 11.9. The molecule has 0 spiro atoms. The SMILES string of the molecule is CCCCC[C@H]1CC[C@H](c2ccc(C(=O)Oc3ccc(OC(=O)CCCC)c(C#N)c3C#N)cc2)CC1. The molecule has 0 atom stereocenters. The van der Waals surface area contributed by atoms with Crippen molar-refractivity contribution < 1.29 is 19.1 Å². The van der Waals surface area contributed by atoms with Gasteiger partial charge in [-0.25, -0.2) is 4.79 Å². The summed E-state index contributed by atoms with van der Waals surface area (Å²) in [5.41, 5.74) is 1.35. The number of hydrogen-bond acceptors (Lipinski definition) is 6. The molecule has 0 unspecified atom stereocenters.